The first-order chi connectivity index (χ1) is 22.2. The second-order valence-corrected chi connectivity index (χ2v) is 12.2. The number of carbonyl (C=O) groups is 1. The number of anilines is 2. The van der Waals surface area contributed by atoms with Gasteiger partial charge < -0.3 is 24.9 Å². The summed E-state index contributed by atoms with van der Waals surface area (Å²) in [6.45, 7) is 6.09. The number of pyridine rings is 1. The van der Waals surface area contributed by atoms with Gasteiger partial charge in [-0.25, -0.2) is 9.94 Å². The minimum atomic E-state index is -4.51. The maximum Gasteiger partial charge on any atom is 0.419 e. The lowest BCUT2D eigenvalue weighted by atomic mass is 9.86. The lowest BCUT2D eigenvalue weighted by Crippen LogP contribution is -2.63. The SMILES string of the molecule is N#CCC1(n2cc(C(F)(F)F)cn2)CN(c2cccn3nc(NC4=CN(CC(=O)N5CCN(C6CCOCC6)CC5)NC4)nc23)C1. The number of carbonyl (C=O) groups excluding carboxylic acids is 1. The number of halogens is 3. The number of nitriles is 1. The van der Waals surface area contributed by atoms with Crippen molar-refractivity contribution < 1.29 is 22.7 Å². The van der Waals surface area contributed by atoms with E-state index in [4.69, 9.17) is 4.74 Å². The van der Waals surface area contributed by atoms with E-state index in [2.05, 4.69) is 36.9 Å². The zero-order valence-electron chi connectivity index (χ0n) is 25.2. The van der Waals surface area contributed by atoms with E-state index in [1.807, 2.05) is 28.1 Å². The van der Waals surface area contributed by atoms with E-state index in [9.17, 15) is 23.2 Å². The Morgan fingerprint density at radius 1 is 1.20 bits per heavy atom. The maximum atomic E-state index is 13.2. The molecule has 3 aromatic heterocycles. The Morgan fingerprint density at radius 2 is 1.98 bits per heavy atom. The molecule has 4 aliphatic heterocycles. The third-order valence-electron chi connectivity index (χ3n) is 9.19. The molecule has 0 unspecified atom stereocenters. The van der Waals surface area contributed by atoms with Gasteiger partial charge in [0.05, 0.1) is 42.2 Å². The molecule has 2 N–H and O–H groups in total. The standard InChI is InChI=1S/C29H35F3N12O2/c30-29(31,32)21-14-35-44(16-21)28(5-6-33)19-41(20-28)24-2-1-7-43-26(24)37-27(38-43)36-22-15-34-42(17-22)18-25(45)40-10-8-39(9-11-40)23-3-12-46-13-4-23/h1-2,7,14,16-17,23,34H,3-5,8-13,15,18-20H2,(H,36,38). The molecule has 3 aromatic rings. The average molecular weight is 641 g/mol. The molecule has 244 valence electrons. The number of amides is 1. The molecular formula is C29H35F3N12O2. The Morgan fingerprint density at radius 3 is 2.70 bits per heavy atom. The highest BCUT2D eigenvalue weighted by atomic mass is 19.4. The van der Waals surface area contributed by atoms with Crippen molar-refractivity contribution in [3.05, 3.63) is 48.2 Å². The molecule has 0 aliphatic carbocycles. The minimum absolute atomic E-state index is 0.0117. The molecule has 0 atom stereocenters. The summed E-state index contributed by atoms with van der Waals surface area (Å²) in [5.74, 6) is 0.433. The van der Waals surface area contributed by atoms with Crippen LogP contribution >= 0.6 is 0 Å². The number of nitrogens with one attached hydrogen (secondary N) is 2. The van der Waals surface area contributed by atoms with E-state index in [-0.39, 0.29) is 32.0 Å². The highest BCUT2D eigenvalue weighted by molar-refractivity contribution is 5.78. The number of ether oxygens (including phenoxy) is 1. The Balaban J connectivity index is 0.964. The van der Waals surface area contributed by atoms with Crippen LogP contribution in [0.5, 0.6) is 0 Å². The molecule has 14 nitrogen and oxygen atoms in total. The summed E-state index contributed by atoms with van der Waals surface area (Å²) in [6.07, 6.45) is 2.96. The smallest absolute Gasteiger partial charge is 0.381 e. The van der Waals surface area contributed by atoms with Crippen molar-refractivity contribution in [3.8, 4) is 6.07 Å². The molecule has 1 amide bonds. The van der Waals surface area contributed by atoms with Gasteiger partial charge in [-0.05, 0) is 25.0 Å². The van der Waals surface area contributed by atoms with Gasteiger partial charge in [-0.15, -0.1) is 5.10 Å². The van der Waals surface area contributed by atoms with Gasteiger partial charge in [-0.1, -0.05) is 0 Å². The minimum Gasteiger partial charge on any atom is -0.381 e. The monoisotopic (exact) mass is 640 g/mol. The molecule has 0 bridgehead atoms. The van der Waals surface area contributed by atoms with Crippen molar-refractivity contribution in [1.29, 1.82) is 5.26 Å². The predicted octanol–water partition coefficient (Wildman–Crippen LogP) is 1.47. The molecule has 7 heterocycles. The zero-order chi connectivity index (χ0) is 31.9. The summed E-state index contributed by atoms with van der Waals surface area (Å²) < 4.78 is 48.0. The maximum absolute atomic E-state index is 13.2. The first kappa shape index (κ1) is 30.3. The molecule has 3 saturated heterocycles. The van der Waals surface area contributed by atoms with Gasteiger partial charge in [0.15, 0.2) is 5.65 Å². The number of rotatable bonds is 8. The first-order valence-electron chi connectivity index (χ1n) is 15.4. The van der Waals surface area contributed by atoms with E-state index in [1.165, 1.54) is 4.68 Å². The fourth-order valence-electron chi connectivity index (χ4n) is 6.66. The number of hydrogen-bond acceptors (Lipinski definition) is 11. The molecule has 4 aliphatic rings. The van der Waals surface area contributed by atoms with Crippen molar-refractivity contribution in [2.24, 2.45) is 0 Å². The van der Waals surface area contributed by atoms with Crippen LogP contribution in [-0.2, 0) is 21.2 Å². The van der Waals surface area contributed by atoms with Crippen LogP contribution in [0, 0.1) is 11.3 Å². The number of aromatic nitrogens is 5. The molecule has 0 saturated carbocycles. The van der Waals surface area contributed by atoms with Gasteiger partial charge in [0.1, 0.15) is 12.1 Å². The average Bonchev–Trinajstić information content (AvgIpc) is 3.80. The summed E-state index contributed by atoms with van der Waals surface area (Å²) in [6, 6.07) is 6.33. The Hall–Kier alpha value is -4.40. The molecule has 0 aromatic carbocycles. The summed E-state index contributed by atoms with van der Waals surface area (Å²) in [5, 5.41) is 22.9. The Kier molecular flexibility index (Phi) is 7.95. The summed E-state index contributed by atoms with van der Waals surface area (Å²) in [5.41, 5.74) is 3.58. The molecule has 0 radical (unpaired) electrons. The second-order valence-electron chi connectivity index (χ2n) is 12.2. The van der Waals surface area contributed by atoms with Crippen molar-refractivity contribution in [2.45, 2.75) is 37.0 Å². The van der Waals surface area contributed by atoms with Crippen LogP contribution in [0.1, 0.15) is 24.8 Å². The van der Waals surface area contributed by atoms with Gasteiger partial charge >= 0.3 is 6.18 Å². The number of piperazine rings is 1. The van der Waals surface area contributed by atoms with E-state index in [1.54, 1.807) is 15.7 Å². The Labute approximate surface area is 262 Å². The third kappa shape index (κ3) is 5.95. The molecule has 17 heteroatoms. The second kappa shape index (κ2) is 12.1. The molecule has 0 spiro atoms. The van der Waals surface area contributed by atoms with Crippen molar-refractivity contribution in [2.75, 3.05) is 75.8 Å². The van der Waals surface area contributed by atoms with Gasteiger partial charge in [0.2, 0.25) is 11.9 Å². The van der Waals surface area contributed by atoms with Crippen LogP contribution < -0.4 is 15.6 Å². The van der Waals surface area contributed by atoms with E-state index in [0.29, 0.717) is 24.2 Å². The normalized spacial score (nSPS) is 20.9. The van der Waals surface area contributed by atoms with Gasteiger partial charge in [0, 0.05) is 77.1 Å². The van der Waals surface area contributed by atoms with E-state index >= 15 is 0 Å². The topological polar surface area (TPSA) is 135 Å². The number of fused-ring (bicyclic) bond motifs is 1. The van der Waals surface area contributed by atoms with E-state index < -0.39 is 17.3 Å². The van der Waals surface area contributed by atoms with Crippen molar-refractivity contribution >= 4 is 23.2 Å². The quantitative estimate of drug-likeness (QED) is 0.371. The molecule has 3 fully saturated rings. The fourth-order valence-corrected chi connectivity index (χ4v) is 6.66. The van der Waals surface area contributed by atoms with Crippen LogP contribution in [0.2, 0.25) is 0 Å². The van der Waals surface area contributed by atoms with Crippen LogP contribution in [0.3, 0.4) is 0 Å². The number of hydrogen-bond donors (Lipinski definition) is 2. The van der Waals surface area contributed by atoms with Crippen LogP contribution in [0.4, 0.5) is 24.8 Å². The van der Waals surface area contributed by atoms with Crippen LogP contribution in [0.15, 0.2) is 42.6 Å². The largest absolute Gasteiger partial charge is 0.419 e. The Bertz CT molecular complexity index is 1640. The predicted molar refractivity (Wildman–Crippen MR) is 159 cm³/mol. The summed E-state index contributed by atoms with van der Waals surface area (Å²) >= 11 is 0. The summed E-state index contributed by atoms with van der Waals surface area (Å²) in [4.78, 5) is 24.1. The van der Waals surface area contributed by atoms with Gasteiger partial charge in [-0.2, -0.15) is 28.5 Å². The highest BCUT2D eigenvalue weighted by Crippen LogP contribution is 2.39. The molecular weight excluding hydrogens is 605 g/mol. The fraction of sp³-hybridized carbons (Fsp3) is 0.552. The number of hydrazine groups is 1. The summed E-state index contributed by atoms with van der Waals surface area (Å²) in [7, 11) is 0. The van der Waals surface area contributed by atoms with Crippen molar-refractivity contribution in [1.82, 2.24) is 44.6 Å². The van der Waals surface area contributed by atoms with Gasteiger partial charge in [0.25, 0.3) is 0 Å². The lowest BCUT2D eigenvalue weighted by Gasteiger charge is -2.50. The number of alkyl halides is 3. The lowest BCUT2D eigenvalue weighted by molar-refractivity contribution is -0.137. The first-order valence-corrected chi connectivity index (χ1v) is 15.4. The van der Waals surface area contributed by atoms with Crippen LogP contribution in [-0.4, -0.2) is 117 Å². The molecule has 46 heavy (non-hydrogen) atoms. The third-order valence-corrected chi connectivity index (χ3v) is 9.19. The van der Waals surface area contributed by atoms with Crippen molar-refractivity contribution in [3.63, 3.8) is 0 Å². The van der Waals surface area contributed by atoms with Gasteiger partial charge in [-0.3, -0.25) is 14.4 Å². The zero-order valence-corrected chi connectivity index (χ0v) is 25.2. The highest BCUT2D eigenvalue weighted by Gasteiger charge is 2.47. The van der Waals surface area contributed by atoms with Crippen LogP contribution in [0.25, 0.3) is 5.65 Å². The van der Waals surface area contributed by atoms with E-state index in [0.717, 1.165) is 76.0 Å². The molecule has 7 rings (SSSR count). The number of nitrogens with zero attached hydrogens (tertiary/aromatic N) is 10.